The first-order valence-electron chi connectivity index (χ1n) is 6.88. The molecule has 0 bridgehead atoms. The quantitative estimate of drug-likeness (QED) is 0.663. The van der Waals surface area contributed by atoms with Gasteiger partial charge in [0.25, 0.3) is 0 Å². The van der Waals surface area contributed by atoms with Crippen LogP contribution in [-0.4, -0.2) is 12.9 Å². The van der Waals surface area contributed by atoms with E-state index in [-0.39, 0.29) is 5.78 Å². The van der Waals surface area contributed by atoms with Crippen LogP contribution in [0.3, 0.4) is 0 Å². The van der Waals surface area contributed by atoms with E-state index in [0.29, 0.717) is 5.56 Å². The van der Waals surface area contributed by atoms with Crippen LogP contribution in [0.4, 0.5) is 0 Å². The van der Waals surface area contributed by atoms with Crippen LogP contribution in [0.2, 0.25) is 0 Å². The number of ether oxygens (including phenoxy) is 1. The van der Waals surface area contributed by atoms with Crippen molar-refractivity contribution in [2.75, 3.05) is 7.11 Å². The summed E-state index contributed by atoms with van der Waals surface area (Å²) in [4.78, 5) is 12.8. The summed E-state index contributed by atoms with van der Waals surface area (Å²) in [5.74, 6) is 0.814. The highest BCUT2D eigenvalue weighted by atomic mass is 16.5. The largest absolute Gasteiger partial charge is 0.497 e. The van der Waals surface area contributed by atoms with E-state index in [1.807, 2.05) is 67.6 Å². The number of carbonyl (C=O) groups is 1. The standard InChI is InChI=1S/C19H16O2/c1-13-12-15(21-2)10-11-16(13)19(20)18-9-5-7-14-6-3-4-8-17(14)18/h3-12H,1-2H3. The molecular weight excluding hydrogens is 260 g/mol. The smallest absolute Gasteiger partial charge is 0.193 e. The number of ketones is 1. The minimum Gasteiger partial charge on any atom is -0.497 e. The van der Waals surface area contributed by atoms with Gasteiger partial charge in [-0.2, -0.15) is 0 Å². The lowest BCUT2D eigenvalue weighted by Gasteiger charge is -2.09. The average Bonchev–Trinajstić information content (AvgIpc) is 2.53. The van der Waals surface area contributed by atoms with Crippen LogP contribution in [-0.2, 0) is 0 Å². The fourth-order valence-electron chi connectivity index (χ4n) is 2.59. The maximum atomic E-state index is 12.8. The molecule has 0 aliphatic rings. The average molecular weight is 276 g/mol. The molecule has 3 aromatic carbocycles. The van der Waals surface area contributed by atoms with Crippen LogP contribution in [0.5, 0.6) is 5.75 Å². The van der Waals surface area contributed by atoms with E-state index in [1.165, 1.54) is 0 Å². The Morgan fingerprint density at radius 1 is 0.905 bits per heavy atom. The summed E-state index contributed by atoms with van der Waals surface area (Å²) in [6.07, 6.45) is 0. The van der Waals surface area contributed by atoms with Gasteiger partial charge in [-0.15, -0.1) is 0 Å². The summed E-state index contributed by atoms with van der Waals surface area (Å²) >= 11 is 0. The minimum absolute atomic E-state index is 0.0481. The van der Waals surface area contributed by atoms with Gasteiger partial charge in [-0.25, -0.2) is 0 Å². The summed E-state index contributed by atoms with van der Waals surface area (Å²) in [5.41, 5.74) is 2.38. The fourth-order valence-corrected chi connectivity index (χ4v) is 2.59. The number of methoxy groups -OCH3 is 1. The van der Waals surface area contributed by atoms with E-state index in [1.54, 1.807) is 7.11 Å². The molecule has 0 N–H and O–H groups in total. The van der Waals surface area contributed by atoms with Crippen molar-refractivity contribution in [3.05, 3.63) is 77.4 Å². The maximum Gasteiger partial charge on any atom is 0.193 e. The molecule has 0 aliphatic carbocycles. The first-order valence-corrected chi connectivity index (χ1v) is 6.88. The Morgan fingerprint density at radius 3 is 2.43 bits per heavy atom. The predicted molar refractivity (Wildman–Crippen MR) is 85.1 cm³/mol. The summed E-state index contributed by atoms with van der Waals surface area (Å²) in [5, 5.41) is 2.06. The molecule has 0 heterocycles. The number of carbonyl (C=O) groups excluding carboxylic acids is 1. The van der Waals surface area contributed by atoms with Gasteiger partial charge in [0, 0.05) is 11.1 Å². The van der Waals surface area contributed by atoms with Crippen molar-refractivity contribution >= 4 is 16.6 Å². The number of hydrogen-bond donors (Lipinski definition) is 0. The lowest BCUT2D eigenvalue weighted by molar-refractivity contribution is 0.103. The third-order valence-electron chi connectivity index (χ3n) is 3.71. The van der Waals surface area contributed by atoms with Gasteiger partial charge >= 0.3 is 0 Å². The van der Waals surface area contributed by atoms with Crippen molar-refractivity contribution in [3.63, 3.8) is 0 Å². The molecule has 0 saturated carbocycles. The molecule has 0 spiro atoms. The molecule has 0 fully saturated rings. The van der Waals surface area contributed by atoms with Crippen LogP contribution in [0, 0.1) is 6.92 Å². The highest BCUT2D eigenvalue weighted by Crippen LogP contribution is 2.24. The van der Waals surface area contributed by atoms with Crippen molar-refractivity contribution in [2.45, 2.75) is 6.92 Å². The maximum absolute atomic E-state index is 12.8. The molecule has 2 nitrogen and oxygen atoms in total. The fraction of sp³-hybridized carbons (Fsp3) is 0.105. The van der Waals surface area contributed by atoms with Crippen molar-refractivity contribution in [2.24, 2.45) is 0 Å². The van der Waals surface area contributed by atoms with E-state index >= 15 is 0 Å². The van der Waals surface area contributed by atoms with Crippen LogP contribution in [0.15, 0.2) is 60.7 Å². The third-order valence-corrected chi connectivity index (χ3v) is 3.71. The third kappa shape index (κ3) is 2.40. The molecule has 0 radical (unpaired) electrons. The minimum atomic E-state index is 0.0481. The van der Waals surface area contributed by atoms with Gasteiger partial charge in [-0.3, -0.25) is 4.79 Å². The summed E-state index contributed by atoms with van der Waals surface area (Å²) in [6, 6.07) is 19.3. The van der Waals surface area contributed by atoms with E-state index in [4.69, 9.17) is 4.74 Å². The van der Waals surface area contributed by atoms with Crippen LogP contribution in [0.1, 0.15) is 21.5 Å². The zero-order valence-electron chi connectivity index (χ0n) is 12.1. The van der Waals surface area contributed by atoms with Crippen molar-refractivity contribution in [1.82, 2.24) is 0 Å². The Bertz CT molecular complexity index is 813. The summed E-state index contributed by atoms with van der Waals surface area (Å²) in [6.45, 7) is 1.93. The molecule has 0 aromatic heterocycles. The van der Waals surface area contributed by atoms with Gasteiger partial charge in [0.2, 0.25) is 0 Å². The molecular formula is C19H16O2. The highest BCUT2D eigenvalue weighted by Gasteiger charge is 2.14. The van der Waals surface area contributed by atoms with Gasteiger partial charge in [-0.05, 0) is 41.5 Å². The van der Waals surface area contributed by atoms with E-state index < -0.39 is 0 Å². The second-order valence-corrected chi connectivity index (χ2v) is 5.04. The van der Waals surface area contributed by atoms with Crippen LogP contribution in [0.25, 0.3) is 10.8 Å². The van der Waals surface area contributed by atoms with Gasteiger partial charge in [0.15, 0.2) is 5.78 Å². The zero-order valence-corrected chi connectivity index (χ0v) is 12.1. The predicted octanol–water partition coefficient (Wildman–Crippen LogP) is 4.39. The van der Waals surface area contributed by atoms with Crippen molar-refractivity contribution < 1.29 is 9.53 Å². The van der Waals surface area contributed by atoms with Crippen LogP contribution >= 0.6 is 0 Å². The SMILES string of the molecule is COc1ccc(C(=O)c2cccc3ccccc23)c(C)c1. The molecule has 0 amide bonds. The van der Waals surface area contributed by atoms with E-state index in [0.717, 1.165) is 27.6 Å². The topological polar surface area (TPSA) is 26.3 Å². The molecule has 104 valence electrons. The number of rotatable bonds is 3. The van der Waals surface area contributed by atoms with Gasteiger partial charge in [-0.1, -0.05) is 42.5 Å². The molecule has 0 saturated heterocycles. The second kappa shape index (κ2) is 5.41. The highest BCUT2D eigenvalue weighted by molar-refractivity contribution is 6.17. The summed E-state index contributed by atoms with van der Waals surface area (Å²) in [7, 11) is 1.63. The van der Waals surface area contributed by atoms with Gasteiger partial charge < -0.3 is 4.74 Å². The Hall–Kier alpha value is -2.61. The molecule has 0 aliphatic heterocycles. The Balaban J connectivity index is 2.13. The molecule has 3 rings (SSSR count). The normalized spacial score (nSPS) is 10.6. The molecule has 2 heteroatoms. The molecule has 0 unspecified atom stereocenters. The number of aryl methyl sites for hydroxylation is 1. The Kier molecular flexibility index (Phi) is 3.44. The lowest BCUT2D eigenvalue weighted by Crippen LogP contribution is -2.04. The number of benzene rings is 3. The van der Waals surface area contributed by atoms with E-state index in [9.17, 15) is 4.79 Å². The first kappa shape index (κ1) is 13.4. The number of hydrogen-bond acceptors (Lipinski definition) is 2. The second-order valence-electron chi connectivity index (χ2n) is 5.04. The van der Waals surface area contributed by atoms with Gasteiger partial charge in [0.05, 0.1) is 7.11 Å². The van der Waals surface area contributed by atoms with Crippen molar-refractivity contribution in [1.29, 1.82) is 0 Å². The monoisotopic (exact) mass is 276 g/mol. The Labute approximate surface area is 124 Å². The summed E-state index contributed by atoms with van der Waals surface area (Å²) < 4.78 is 5.19. The van der Waals surface area contributed by atoms with E-state index in [2.05, 4.69) is 0 Å². The first-order chi connectivity index (χ1) is 10.2. The van der Waals surface area contributed by atoms with Gasteiger partial charge in [0.1, 0.15) is 5.75 Å². The zero-order chi connectivity index (χ0) is 14.8. The van der Waals surface area contributed by atoms with Crippen LogP contribution < -0.4 is 4.74 Å². The van der Waals surface area contributed by atoms with Crippen molar-refractivity contribution in [3.8, 4) is 5.75 Å². The molecule has 0 atom stereocenters. The molecule has 3 aromatic rings. The lowest BCUT2D eigenvalue weighted by atomic mass is 9.95. The molecule has 21 heavy (non-hydrogen) atoms. The Morgan fingerprint density at radius 2 is 1.67 bits per heavy atom. The number of fused-ring (bicyclic) bond motifs is 1.